The van der Waals surface area contributed by atoms with Gasteiger partial charge in [0.25, 0.3) is 0 Å². The van der Waals surface area contributed by atoms with Gasteiger partial charge in [-0.1, -0.05) is 6.92 Å². The predicted octanol–water partition coefficient (Wildman–Crippen LogP) is 4.37. The Morgan fingerprint density at radius 1 is 1.14 bits per heavy atom. The van der Waals surface area contributed by atoms with E-state index < -0.39 is 10.8 Å². The molecule has 0 spiro atoms. The van der Waals surface area contributed by atoms with Gasteiger partial charge in [0.15, 0.2) is 11.5 Å². The summed E-state index contributed by atoms with van der Waals surface area (Å²) in [7, 11) is 0.763. The normalized spacial score (nSPS) is 12.9. The molecular formula is C21H25N5OS2. The van der Waals surface area contributed by atoms with Gasteiger partial charge in [0.05, 0.1) is 21.2 Å². The molecule has 1 atom stereocenters. The third kappa shape index (κ3) is 2.92. The maximum Gasteiger partial charge on any atom is 0.163 e. The van der Waals surface area contributed by atoms with Crippen LogP contribution in [0.1, 0.15) is 29.3 Å². The SMILES string of the molecule is CCS(=O)c1c(-c2nc3cc(SC)cnc3n2C)nn2c(C)c(C)c(C)c(C)c12. The lowest BCUT2D eigenvalue weighted by Gasteiger charge is -2.12. The lowest BCUT2D eigenvalue weighted by molar-refractivity contribution is 0.684. The maximum atomic E-state index is 13.2. The third-order valence-electron chi connectivity index (χ3n) is 5.80. The minimum absolute atomic E-state index is 0.526. The number of hydrogen-bond donors (Lipinski definition) is 0. The molecule has 0 amide bonds. The number of thioether (sulfide) groups is 1. The Kier molecular flexibility index (Phi) is 5.02. The second-order valence-electron chi connectivity index (χ2n) is 7.25. The number of hydrogen-bond acceptors (Lipinski definition) is 5. The van der Waals surface area contributed by atoms with E-state index in [1.807, 2.05) is 41.6 Å². The van der Waals surface area contributed by atoms with Crippen molar-refractivity contribution < 1.29 is 4.21 Å². The van der Waals surface area contributed by atoms with E-state index in [2.05, 4.69) is 32.7 Å². The van der Waals surface area contributed by atoms with Crippen LogP contribution in [0.15, 0.2) is 22.1 Å². The molecule has 0 aliphatic rings. The average molecular weight is 428 g/mol. The highest BCUT2D eigenvalue weighted by molar-refractivity contribution is 7.98. The number of pyridine rings is 2. The largest absolute Gasteiger partial charge is 0.310 e. The molecule has 1 unspecified atom stereocenters. The fourth-order valence-electron chi connectivity index (χ4n) is 3.75. The topological polar surface area (TPSA) is 65.1 Å². The lowest BCUT2D eigenvalue weighted by Crippen LogP contribution is -2.03. The van der Waals surface area contributed by atoms with Crippen molar-refractivity contribution in [2.24, 2.45) is 7.05 Å². The predicted molar refractivity (Wildman–Crippen MR) is 120 cm³/mol. The average Bonchev–Trinajstić information content (AvgIpc) is 3.28. The summed E-state index contributed by atoms with van der Waals surface area (Å²) in [5, 5.41) is 4.92. The molecule has 152 valence electrons. The van der Waals surface area contributed by atoms with E-state index in [1.54, 1.807) is 11.8 Å². The van der Waals surface area contributed by atoms with Gasteiger partial charge in [-0.15, -0.1) is 11.8 Å². The molecule has 4 heterocycles. The van der Waals surface area contributed by atoms with Gasteiger partial charge >= 0.3 is 0 Å². The second kappa shape index (κ2) is 7.25. The van der Waals surface area contributed by atoms with Crippen molar-refractivity contribution in [2.45, 2.75) is 44.4 Å². The summed E-state index contributed by atoms with van der Waals surface area (Å²) < 4.78 is 17.1. The first kappa shape index (κ1) is 20.1. The molecule has 4 aromatic heterocycles. The Balaban J connectivity index is 2.13. The lowest BCUT2D eigenvalue weighted by atomic mass is 10.0. The highest BCUT2D eigenvalue weighted by Crippen LogP contribution is 2.35. The van der Waals surface area contributed by atoms with E-state index in [4.69, 9.17) is 10.1 Å². The Bertz CT molecular complexity index is 1300. The Hall–Kier alpha value is -2.19. The van der Waals surface area contributed by atoms with Crippen molar-refractivity contribution in [3.05, 3.63) is 34.6 Å². The van der Waals surface area contributed by atoms with Crippen LogP contribution in [0.4, 0.5) is 0 Å². The van der Waals surface area contributed by atoms with Crippen LogP contribution in [-0.2, 0) is 17.8 Å². The van der Waals surface area contributed by atoms with E-state index in [-0.39, 0.29) is 0 Å². The molecule has 4 aromatic rings. The molecule has 4 rings (SSSR count). The van der Waals surface area contributed by atoms with Gasteiger partial charge < -0.3 is 4.57 Å². The Morgan fingerprint density at radius 2 is 1.86 bits per heavy atom. The number of aromatic nitrogens is 5. The van der Waals surface area contributed by atoms with E-state index in [9.17, 15) is 4.21 Å². The summed E-state index contributed by atoms with van der Waals surface area (Å²) in [6.07, 6.45) is 3.88. The molecule has 6 nitrogen and oxygen atoms in total. The number of nitrogens with zero attached hydrogens (tertiary/aromatic N) is 5. The van der Waals surface area contributed by atoms with Crippen LogP contribution in [0.5, 0.6) is 0 Å². The number of fused-ring (bicyclic) bond motifs is 2. The first-order valence-electron chi connectivity index (χ1n) is 9.54. The van der Waals surface area contributed by atoms with E-state index in [0.717, 1.165) is 37.7 Å². The Labute approximate surface area is 177 Å². The highest BCUT2D eigenvalue weighted by Gasteiger charge is 2.26. The molecule has 29 heavy (non-hydrogen) atoms. The van der Waals surface area contributed by atoms with Crippen LogP contribution < -0.4 is 0 Å². The molecule has 0 fully saturated rings. The van der Waals surface area contributed by atoms with Gasteiger partial charge in [-0.2, -0.15) is 5.10 Å². The van der Waals surface area contributed by atoms with Crippen LogP contribution in [-0.4, -0.2) is 40.4 Å². The monoisotopic (exact) mass is 427 g/mol. The zero-order valence-electron chi connectivity index (χ0n) is 17.8. The van der Waals surface area contributed by atoms with Crippen molar-refractivity contribution in [1.29, 1.82) is 0 Å². The molecule has 0 aliphatic heterocycles. The van der Waals surface area contributed by atoms with Crippen molar-refractivity contribution in [3.63, 3.8) is 0 Å². The molecule has 0 aromatic carbocycles. The van der Waals surface area contributed by atoms with E-state index in [1.165, 1.54) is 11.1 Å². The Morgan fingerprint density at radius 3 is 2.52 bits per heavy atom. The van der Waals surface area contributed by atoms with Crippen LogP contribution in [0.3, 0.4) is 0 Å². The number of rotatable bonds is 4. The molecule has 0 N–H and O–H groups in total. The number of imidazole rings is 1. The van der Waals surface area contributed by atoms with Crippen LogP contribution in [0, 0.1) is 27.7 Å². The van der Waals surface area contributed by atoms with Crippen LogP contribution in [0.25, 0.3) is 28.2 Å². The van der Waals surface area contributed by atoms with Crippen LogP contribution >= 0.6 is 11.8 Å². The van der Waals surface area contributed by atoms with E-state index in [0.29, 0.717) is 17.3 Å². The molecule has 0 aliphatic carbocycles. The standard InChI is InChI=1S/C21H25N5OS2/c1-8-29(27)19-17(24-26-14(5)12(3)11(2)13(4)18(19)26)21-23-16-9-15(28-7)10-22-20(16)25(21)6/h9-10H,8H2,1-7H3. The summed E-state index contributed by atoms with van der Waals surface area (Å²) in [5.74, 6) is 1.22. The summed E-state index contributed by atoms with van der Waals surface area (Å²) in [6.45, 7) is 10.3. The van der Waals surface area contributed by atoms with Gasteiger partial charge in [-0.25, -0.2) is 14.5 Å². The first-order chi connectivity index (χ1) is 13.8. The molecule has 0 bridgehead atoms. The fraction of sp³-hybridized carbons (Fsp3) is 0.381. The van der Waals surface area contributed by atoms with Gasteiger partial charge in [-0.05, 0) is 56.7 Å². The minimum Gasteiger partial charge on any atom is -0.310 e. The molecule has 0 radical (unpaired) electrons. The molecule has 0 saturated heterocycles. The smallest absolute Gasteiger partial charge is 0.163 e. The zero-order chi connectivity index (χ0) is 21.0. The van der Waals surface area contributed by atoms with Gasteiger partial charge in [0, 0.05) is 29.6 Å². The molecule has 8 heteroatoms. The van der Waals surface area contributed by atoms with Crippen molar-refractivity contribution >= 4 is 39.2 Å². The van der Waals surface area contributed by atoms with Crippen molar-refractivity contribution in [2.75, 3.05) is 12.0 Å². The highest BCUT2D eigenvalue weighted by atomic mass is 32.2. The number of aryl methyl sites for hydroxylation is 3. The third-order valence-corrected chi connectivity index (χ3v) is 7.86. The summed E-state index contributed by atoms with van der Waals surface area (Å²) in [4.78, 5) is 11.2. The maximum absolute atomic E-state index is 13.2. The summed E-state index contributed by atoms with van der Waals surface area (Å²) in [6, 6.07) is 2.04. The molecule has 0 saturated carbocycles. The van der Waals surface area contributed by atoms with E-state index >= 15 is 0 Å². The second-order valence-corrected chi connectivity index (χ2v) is 9.80. The van der Waals surface area contributed by atoms with Gasteiger partial charge in [-0.3, -0.25) is 4.21 Å². The first-order valence-corrected chi connectivity index (χ1v) is 12.1. The van der Waals surface area contributed by atoms with Crippen molar-refractivity contribution in [3.8, 4) is 11.5 Å². The van der Waals surface area contributed by atoms with Crippen LogP contribution in [0.2, 0.25) is 0 Å². The summed E-state index contributed by atoms with van der Waals surface area (Å²) >= 11 is 1.64. The van der Waals surface area contributed by atoms with Gasteiger partial charge in [0.2, 0.25) is 0 Å². The molecular weight excluding hydrogens is 402 g/mol. The minimum atomic E-state index is -1.18. The zero-order valence-corrected chi connectivity index (χ0v) is 19.5. The summed E-state index contributed by atoms with van der Waals surface area (Å²) in [5.41, 5.74) is 7.82. The van der Waals surface area contributed by atoms with Crippen molar-refractivity contribution in [1.82, 2.24) is 24.1 Å². The van der Waals surface area contributed by atoms with Gasteiger partial charge in [0.1, 0.15) is 11.2 Å². The quantitative estimate of drug-likeness (QED) is 0.453. The fourth-order valence-corrected chi connectivity index (χ4v) is 5.23.